The van der Waals surface area contributed by atoms with Crippen LogP contribution in [-0.4, -0.2) is 82.2 Å². The van der Waals surface area contributed by atoms with E-state index in [1.807, 2.05) is 0 Å². The average molecular weight is 629 g/mol. The molecule has 2 aliphatic rings. The highest BCUT2D eigenvalue weighted by atomic mass is 35.5. The van der Waals surface area contributed by atoms with E-state index >= 15 is 0 Å². The minimum Gasteiger partial charge on any atom is -0.478 e. The van der Waals surface area contributed by atoms with E-state index in [9.17, 15) is 27.9 Å². The first-order valence-electron chi connectivity index (χ1n) is 14.1. The number of nitrogens with zero attached hydrogens (tertiary/aromatic N) is 3. The van der Waals surface area contributed by atoms with Crippen molar-refractivity contribution in [2.45, 2.75) is 24.6 Å². The monoisotopic (exact) mass is 628 g/mol. The van der Waals surface area contributed by atoms with E-state index in [-0.39, 0.29) is 40.0 Å². The number of ether oxygens (including phenoxy) is 2. The fraction of sp³-hybridized carbons (Fsp3) is 0.323. The van der Waals surface area contributed by atoms with Crippen LogP contribution in [0.5, 0.6) is 11.5 Å². The van der Waals surface area contributed by atoms with Gasteiger partial charge in [0, 0.05) is 44.9 Å². The summed E-state index contributed by atoms with van der Waals surface area (Å²) in [5.41, 5.74) is 1.05. The predicted octanol–water partition coefficient (Wildman–Crippen LogP) is 6.06. The molecule has 0 radical (unpaired) electrons. The molecule has 2 saturated heterocycles. The van der Waals surface area contributed by atoms with Crippen molar-refractivity contribution in [1.29, 1.82) is 0 Å². The Morgan fingerprint density at radius 2 is 1.84 bits per heavy atom. The number of halogens is 4. The fourth-order valence-corrected chi connectivity index (χ4v) is 5.68. The lowest BCUT2D eigenvalue weighted by Crippen LogP contribution is -2.51. The number of H-pyrrole nitrogens is 1. The number of aromatic amines is 1. The number of amides is 1. The molecule has 13 heteroatoms. The largest absolute Gasteiger partial charge is 0.478 e. The third kappa shape index (κ3) is 6.37. The summed E-state index contributed by atoms with van der Waals surface area (Å²) in [6, 6.07) is 14.1. The third-order valence-electron chi connectivity index (χ3n) is 7.96. The van der Waals surface area contributed by atoms with Crippen molar-refractivity contribution in [2.24, 2.45) is 0 Å². The summed E-state index contributed by atoms with van der Waals surface area (Å²) in [7, 11) is 0. The van der Waals surface area contributed by atoms with Crippen LogP contribution >= 0.6 is 11.6 Å². The van der Waals surface area contributed by atoms with E-state index < -0.39 is 17.7 Å². The van der Waals surface area contributed by atoms with E-state index in [0.717, 1.165) is 30.4 Å². The van der Waals surface area contributed by atoms with Crippen LogP contribution in [-0.2, 0) is 10.9 Å². The van der Waals surface area contributed by atoms with Crippen molar-refractivity contribution in [3.63, 3.8) is 0 Å². The first kappa shape index (κ1) is 29.9. The van der Waals surface area contributed by atoms with Gasteiger partial charge in [0.2, 0.25) is 0 Å². The van der Waals surface area contributed by atoms with Gasteiger partial charge in [0.05, 0.1) is 39.2 Å². The minimum absolute atomic E-state index is 0.00456. The van der Waals surface area contributed by atoms with Gasteiger partial charge in [0.1, 0.15) is 17.3 Å². The van der Waals surface area contributed by atoms with Gasteiger partial charge in [-0.15, -0.1) is 0 Å². The van der Waals surface area contributed by atoms with E-state index in [1.54, 1.807) is 41.3 Å². The molecule has 1 aromatic heterocycles. The summed E-state index contributed by atoms with van der Waals surface area (Å²) < 4.78 is 50.4. The Morgan fingerprint density at radius 3 is 2.50 bits per heavy atom. The number of alkyl halides is 3. The number of carbonyl (C=O) groups excluding carboxylic acids is 1. The topological polar surface area (TPSA) is 108 Å². The highest BCUT2D eigenvalue weighted by Crippen LogP contribution is 2.37. The lowest BCUT2D eigenvalue weighted by Gasteiger charge is -2.39. The van der Waals surface area contributed by atoms with Gasteiger partial charge in [-0.25, -0.2) is 9.78 Å². The number of hydrogen-bond acceptors (Lipinski definition) is 6. The molecule has 2 N–H and O–H groups in total. The summed E-state index contributed by atoms with van der Waals surface area (Å²) in [5.74, 6) is -0.153. The van der Waals surface area contributed by atoms with Gasteiger partial charge in [-0.05, 0) is 61.0 Å². The van der Waals surface area contributed by atoms with Gasteiger partial charge in [-0.2, -0.15) is 13.2 Å². The number of hydrogen-bond donors (Lipinski definition) is 2. The molecule has 3 heterocycles. The normalized spacial score (nSPS) is 18.2. The van der Waals surface area contributed by atoms with Crippen molar-refractivity contribution in [3.05, 3.63) is 88.2 Å². The SMILES string of the molecule is O=C(O)c1ccc2nc([C@H](CN3CCN(C(=O)c4cccc(Oc5ccc(C(F)(F)F)cc5Cl)c4)CC3)[C@H]3CCO3)[nH]c2c1. The summed E-state index contributed by atoms with van der Waals surface area (Å²) in [6.45, 7) is 3.60. The zero-order valence-corrected chi connectivity index (χ0v) is 24.1. The molecule has 0 saturated carbocycles. The highest BCUT2D eigenvalue weighted by Gasteiger charge is 2.35. The molecule has 4 aromatic rings. The molecule has 0 bridgehead atoms. The molecule has 3 aromatic carbocycles. The number of aromatic nitrogens is 2. The van der Waals surface area contributed by atoms with Crippen LogP contribution in [0, 0.1) is 0 Å². The highest BCUT2D eigenvalue weighted by molar-refractivity contribution is 6.32. The standard InChI is InChI=1S/C31H28ClF3N4O5/c32-23-16-20(31(33,34)35)5-7-27(23)44-21-3-1-2-18(14-21)29(40)39-11-9-38(10-12-39)17-22(26-8-13-43-26)28-36-24-6-4-19(30(41)42)15-25(24)37-28/h1-7,14-16,22,26H,8-13,17H2,(H,36,37)(H,41,42)/t22-,26-/m1/s1. The molecule has 0 unspecified atom stereocenters. The van der Waals surface area contributed by atoms with Crippen molar-refractivity contribution >= 4 is 34.5 Å². The fourth-order valence-electron chi connectivity index (χ4n) is 5.46. The summed E-state index contributed by atoms with van der Waals surface area (Å²) >= 11 is 6.03. The summed E-state index contributed by atoms with van der Waals surface area (Å²) in [6.07, 6.45) is -3.63. The number of carboxylic acids is 1. The Hall–Kier alpha value is -4.13. The van der Waals surface area contributed by atoms with Crippen molar-refractivity contribution in [2.75, 3.05) is 39.3 Å². The van der Waals surface area contributed by atoms with E-state index in [0.29, 0.717) is 55.9 Å². The van der Waals surface area contributed by atoms with Crippen molar-refractivity contribution in [1.82, 2.24) is 19.8 Å². The number of carbonyl (C=O) groups is 2. The molecule has 230 valence electrons. The van der Waals surface area contributed by atoms with Gasteiger partial charge in [0.25, 0.3) is 5.91 Å². The number of imidazole rings is 1. The average Bonchev–Trinajstić information content (AvgIpc) is 3.40. The number of fused-ring (bicyclic) bond motifs is 1. The van der Waals surface area contributed by atoms with E-state index in [1.165, 1.54) is 6.07 Å². The van der Waals surface area contributed by atoms with Gasteiger partial charge in [-0.3, -0.25) is 9.69 Å². The molecule has 44 heavy (non-hydrogen) atoms. The first-order valence-corrected chi connectivity index (χ1v) is 14.4. The molecule has 1 amide bonds. The Morgan fingerprint density at radius 1 is 1.07 bits per heavy atom. The number of piperazine rings is 1. The minimum atomic E-state index is -4.52. The van der Waals surface area contributed by atoms with Crippen LogP contribution < -0.4 is 4.74 Å². The number of benzene rings is 3. The maximum absolute atomic E-state index is 13.3. The van der Waals surface area contributed by atoms with Crippen LogP contribution in [0.2, 0.25) is 5.02 Å². The van der Waals surface area contributed by atoms with Gasteiger partial charge in [-0.1, -0.05) is 17.7 Å². The molecule has 9 nitrogen and oxygen atoms in total. The van der Waals surface area contributed by atoms with Crippen LogP contribution in [0.4, 0.5) is 13.2 Å². The van der Waals surface area contributed by atoms with Crippen LogP contribution in [0.15, 0.2) is 60.7 Å². The third-order valence-corrected chi connectivity index (χ3v) is 8.26. The Labute approximate surface area is 255 Å². The number of aromatic carboxylic acids is 1. The number of rotatable bonds is 8. The second-order valence-electron chi connectivity index (χ2n) is 10.8. The van der Waals surface area contributed by atoms with Gasteiger partial charge in [0.15, 0.2) is 0 Å². The van der Waals surface area contributed by atoms with Gasteiger partial charge < -0.3 is 24.5 Å². The Balaban J connectivity index is 1.09. The van der Waals surface area contributed by atoms with E-state index in [4.69, 9.17) is 26.1 Å². The molecule has 2 fully saturated rings. The first-order chi connectivity index (χ1) is 21.0. The molecule has 2 aliphatic heterocycles. The molecule has 6 rings (SSSR count). The summed E-state index contributed by atoms with van der Waals surface area (Å²) in [4.78, 5) is 36.8. The Bertz CT molecular complexity index is 1700. The molecule has 2 atom stereocenters. The van der Waals surface area contributed by atoms with Crippen molar-refractivity contribution in [3.8, 4) is 11.5 Å². The van der Waals surface area contributed by atoms with Gasteiger partial charge >= 0.3 is 12.1 Å². The predicted molar refractivity (Wildman–Crippen MR) is 155 cm³/mol. The van der Waals surface area contributed by atoms with Crippen LogP contribution in [0.1, 0.15) is 44.4 Å². The zero-order chi connectivity index (χ0) is 31.0. The lowest BCUT2D eigenvalue weighted by molar-refractivity contribution is -0.137. The Kier molecular flexibility index (Phi) is 8.23. The molecular formula is C31H28ClF3N4O5. The van der Waals surface area contributed by atoms with Crippen molar-refractivity contribution < 1.29 is 37.3 Å². The maximum Gasteiger partial charge on any atom is 0.416 e. The quantitative estimate of drug-likeness (QED) is 0.244. The summed E-state index contributed by atoms with van der Waals surface area (Å²) in [5, 5.41) is 9.14. The molecular weight excluding hydrogens is 601 g/mol. The number of nitrogens with one attached hydrogen (secondary N) is 1. The van der Waals surface area contributed by atoms with E-state index in [2.05, 4.69) is 9.88 Å². The smallest absolute Gasteiger partial charge is 0.416 e. The van der Waals surface area contributed by atoms with Crippen LogP contribution in [0.3, 0.4) is 0 Å². The molecule has 0 aliphatic carbocycles. The zero-order valence-electron chi connectivity index (χ0n) is 23.3. The van der Waals surface area contributed by atoms with Crippen LogP contribution in [0.25, 0.3) is 11.0 Å². The molecule has 0 spiro atoms. The number of carboxylic acid groups (broad SMARTS) is 1. The maximum atomic E-state index is 13.3. The second-order valence-corrected chi connectivity index (χ2v) is 11.2. The second kappa shape index (κ2) is 12.1. The lowest BCUT2D eigenvalue weighted by atomic mass is 9.94.